The van der Waals surface area contributed by atoms with Crippen LogP contribution in [0.2, 0.25) is 5.02 Å². The maximum Gasteiger partial charge on any atom is 0.363 e. The van der Waals surface area contributed by atoms with Crippen molar-refractivity contribution in [3.63, 3.8) is 0 Å². The molecule has 0 saturated heterocycles. The second kappa shape index (κ2) is 8.45. The fraction of sp³-hybridized carbons (Fsp3) is 0.0870. The minimum atomic E-state index is -4.10. The summed E-state index contributed by atoms with van der Waals surface area (Å²) in [7, 11) is -4.10. The van der Waals surface area contributed by atoms with Gasteiger partial charge in [0.05, 0.1) is 10.6 Å². The highest BCUT2D eigenvalue weighted by Gasteiger charge is 2.23. The van der Waals surface area contributed by atoms with Gasteiger partial charge in [0.1, 0.15) is 5.58 Å². The first kappa shape index (κ1) is 21.0. The number of fused-ring (bicyclic) bond motifs is 1. The summed E-state index contributed by atoms with van der Waals surface area (Å²) in [5, 5.41) is 4.10. The predicted octanol–water partition coefficient (Wildman–Crippen LogP) is 5.17. The molecule has 6 nitrogen and oxygen atoms in total. The number of anilines is 2. The van der Waals surface area contributed by atoms with Gasteiger partial charge < -0.3 is 9.73 Å². The molecule has 0 radical (unpaired) electrons. The Labute approximate surface area is 184 Å². The average Bonchev–Trinajstić information content (AvgIpc) is 2.76. The summed E-state index contributed by atoms with van der Waals surface area (Å²) in [5.74, 6) is 0. The number of benzene rings is 3. The van der Waals surface area contributed by atoms with Crippen LogP contribution < -0.4 is 15.7 Å². The van der Waals surface area contributed by atoms with Crippen LogP contribution in [0.4, 0.5) is 11.4 Å². The molecular formula is C23H19ClN2O4S. The lowest BCUT2D eigenvalue weighted by Crippen LogP contribution is -2.21. The van der Waals surface area contributed by atoms with E-state index in [9.17, 15) is 13.2 Å². The minimum absolute atomic E-state index is 0.0124. The van der Waals surface area contributed by atoms with E-state index in [2.05, 4.69) is 10.0 Å². The Morgan fingerprint density at radius 3 is 2.39 bits per heavy atom. The average molecular weight is 455 g/mol. The van der Waals surface area contributed by atoms with Gasteiger partial charge in [0, 0.05) is 17.0 Å². The minimum Gasteiger partial charge on any atom is -0.421 e. The quantitative estimate of drug-likeness (QED) is 0.392. The smallest absolute Gasteiger partial charge is 0.363 e. The number of nitrogens with one attached hydrogen (secondary N) is 2. The van der Waals surface area contributed by atoms with Crippen molar-refractivity contribution in [2.24, 2.45) is 0 Å². The maximum atomic E-state index is 13.1. The molecule has 0 saturated carbocycles. The SMILES string of the molecule is Cc1c(Cl)cccc1S(=O)(=O)Nc1c(NCc2ccccc2)c2ccccc2oc1=O. The van der Waals surface area contributed by atoms with E-state index in [4.69, 9.17) is 16.0 Å². The number of hydrogen-bond donors (Lipinski definition) is 2. The normalized spacial score (nSPS) is 11.4. The predicted molar refractivity (Wildman–Crippen MR) is 123 cm³/mol. The third-order valence-electron chi connectivity index (χ3n) is 4.87. The molecule has 4 aromatic rings. The Bertz CT molecular complexity index is 1420. The van der Waals surface area contributed by atoms with E-state index in [0.717, 1.165) is 5.56 Å². The first-order valence-electron chi connectivity index (χ1n) is 9.48. The van der Waals surface area contributed by atoms with Gasteiger partial charge in [0.2, 0.25) is 0 Å². The lowest BCUT2D eigenvalue weighted by atomic mass is 10.1. The summed E-state index contributed by atoms with van der Waals surface area (Å²) in [5.41, 5.74) is 1.08. The van der Waals surface area contributed by atoms with E-state index in [1.165, 1.54) is 6.07 Å². The van der Waals surface area contributed by atoms with E-state index in [1.807, 2.05) is 30.3 Å². The summed E-state index contributed by atoms with van der Waals surface area (Å²) in [6.07, 6.45) is 0. The lowest BCUT2D eigenvalue weighted by molar-refractivity contribution is 0.563. The van der Waals surface area contributed by atoms with E-state index < -0.39 is 15.6 Å². The van der Waals surface area contributed by atoms with E-state index >= 15 is 0 Å². The Kier molecular flexibility index (Phi) is 5.71. The van der Waals surface area contributed by atoms with Crippen molar-refractivity contribution in [3.05, 3.63) is 99.4 Å². The first-order valence-corrected chi connectivity index (χ1v) is 11.3. The zero-order valence-electron chi connectivity index (χ0n) is 16.6. The van der Waals surface area contributed by atoms with Gasteiger partial charge in [0.25, 0.3) is 10.0 Å². The summed E-state index contributed by atoms with van der Waals surface area (Å²) >= 11 is 6.10. The maximum absolute atomic E-state index is 13.1. The van der Waals surface area contributed by atoms with Crippen LogP contribution in [0.25, 0.3) is 11.0 Å². The number of rotatable bonds is 6. The highest BCUT2D eigenvalue weighted by atomic mass is 35.5. The van der Waals surface area contributed by atoms with Gasteiger partial charge in [-0.05, 0) is 42.3 Å². The third kappa shape index (κ3) is 4.28. The van der Waals surface area contributed by atoms with Gasteiger partial charge in [-0.15, -0.1) is 0 Å². The van der Waals surface area contributed by atoms with Crippen molar-refractivity contribution >= 4 is 44.0 Å². The van der Waals surface area contributed by atoms with Crippen LogP contribution in [0.15, 0.2) is 86.9 Å². The van der Waals surface area contributed by atoms with Crippen LogP contribution in [-0.4, -0.2) is 8.42 Å². The Hall–Kier alpha value is -3.29. The van der Waals surface area contributed by atoms with Crippen molar-refractivity contribution in [2.75, 3.05) is 10.0 Å². The summed E-state index contributed by atoms with van der Waals surface area (Å²) < 4.78 is 34.0. The molecular weight excluding hydrogens is 436 g/mol. The molecule has 158 valence electrons. The van der Waals surface area contributed by atoms with Crippen molar-refractivity contribution in [1.82, 2.24) is 0 Å². The van der Waals surface area contributed by atoms with Gasteiger partial charge in [-0.1, -0.05) is 60.1 Å². The molecule has 1 aromatic heterocycles. The second-order valence-electron chi connectivity index (χ2n) is 6.94. The van der Waals surface area contributed by atoms with Crippen LogP contribution in [0.3, 0.4) is 0 Å². The van der Waals surface area contributed by atoms with Gasteiger partial charge in [-0.3, -0.25) is 4.72 Å². The largest absolute Gasteiger partial charge is 0.421 e. The zero-order chi connectivity index (χ0) is 22.0. The van der Waals surface area contributed by atoms with Crippen molar-refractivity contribution < 1.29 is 12.8 Å². The van der Waals surface area contributed by atoms with Gasteiger partial charge in [0.15, 0.2) is 5.69 Å². The van der Waals surface area contributed by atoms with E-state index in [0.29, 0.717) is 33.8 Å². The number of sulfonamides is 1. The monoisotopic (exact) mass is 454 g/mol. The number of para-hydroxylation sites is 1. The molecule has 4 rings (SSSR count). The second-order valence-corrected chi connectivity index (χ2v) is 9.00. The molecule has 1 heterocycles. The Morgan fingerprint density at radius 2 is 1.61 bits per heavy atom. The molecule has 0 spiro atoms. The molecule has 31 heavy (non-hydrogen) atoms. The number of hydrogen-bond acceptors (Lipinski definition) is 5. The highest BCUT2D eigenvalue weighted by Crippen LogP contribution is 2.31. The summed E-state index contributed by atoms with van der Waals surface area (Å²) in [6.45, 7) is 1.99. The summed E-state index contributed by atoms with van der Waals surface area (Å²) in [6, 6.07) is 21.1. The molecule has 2 N–H and O–H groups in total. The molecule has 0 unspecified atom stereocenters. The highest BCUT2D eigenvalue weighted by molar-refractivity contribution is 7.92. The third-order valence-corrected chi connectivity index (χ3v) is 6.77. The Balaban J connectivity index is 1.82. The molecule has 0 atom stereocenters. The van der Waals surface area contributed by atoms with Crippen molar-refractivity contribution in [3.8, 4) is 0 Å². The zero-order valence-corrected chi connectivity index (χ0v) is 18.1. The van der Waals surface area contributed by atoms with E-state index in [-0.39, 0.29) is 10.6 Å². The van der Waals surface area contributed by atoms with E-state index in [1.54, 1.807) is 43.3 Å². The van der Waals surface area contributed by atoms with Gasteiger partial charge >= 0.3 is 5.63 Å². The molecule has 0 aliphatic carbocycles. The molecule has 0 amide bonds. The lowest BCUT2D eigenvalue weighted by Gasteiger charge is -2.16. The van der Waals surface area contributed by atoms with Gasteiger partial charge in [-0.2, -0.15) is 0 Å². The summed E-state index contributed by atoms with van der Waals surface area (Å²) in [4.78, 5) is 12.8. The van der Waals surface area contributed by atoms with Gasteiger partial charge in [-0.25, -0.2) is 13.2 Å². The molecule has 0 bridgehead atoms. The molecule has 0 aliphatic rings. The Morgan fingerprint density at radius 1 is 0.903 bits per heavy atom. The molecule has 8 heteroatoms. The fourth-order valence-corrected chi connectivity index (χ4v) is 4.85. The topological polar surface area (TPSA) is 88.4 Å². The van der Waals surface area contributed by atoms with Crippen LogP contribution in [-0.2, 0) is 16.6 Å². The standard InChI is InChI=1S/C23H19ClN2O4S/c1-15-18(24)11-7-13-20(15)31(28,29)26-22-21(25-14-16-8-3-2-4-9-16)17-10-5-6-12-19(17)30-23(22)27/h2-13,25-26H,14H2,1H3. The van der Waals surface area contributed by atoms with Crippen LogP contribution >= 0.6 is 11.6 Å². The number of halogens is 1. The van der Waals surface area contributed by atoms with Crippen molar-refractivity contribution in [1.29, 1.82) is 0 Å². The van der Waals surface area contributed by atoms with Crippen LogP contribution in [0.5, 0.6) is 0 Å². The van der Waals surface area contributed by atoms with Crippen molar-refractivity contribution in [2.45, 2.75) is 18.4 Å². The van der Waals surface area contributed by atoms with Crippen LogP contribution in [0.1, 0.15) is 11.1 Å². The molecule has 0 aliphatic heterocycles. The first-order chi connectivity index (χ1) is 14.9. The molecule has 3 aromatic carbocycles. The molecule has 0 fully saturated rings. The fourth-order valence-electron chi connectivity index (χ4n) is 3.28. The van der Waals surface area contributed by atoms with Crippen LogP contribution in [0, 0.1) is 6.92 Å².